The van der Waals surface area contributed by atoms with Crippen molar-refractivity contribution >= 4 is 27.7 Å². The summed E-state index contributed by atoms with van der Waals surface area (Å²) in [6, 6.07) is 9.87. The van der Waals surface area contributed by atoms with Crippen molar-refractivity contribution in [2.75, 3.05) is 19.3 Å². The summed E-state index contributed by atoms with van der Waals surface area (Å²) < 4.78 is 65.7. The van der Waals surface area contributed by atoms with Gasteiger partial charge in [-0.15, -0.1) is 0 Å². The van der Waals surface area contributed by atoms with Gasteiger partial charge in [0.15, 0.2) is 9.84 Å². The first-order valence-electron chi connectivity index (χ1n) is 12.9. The van der Waals surface area contributed by atoms with Gasteiger partial charge in [0.1, 0.15) is 6.04 Å². The molecule has 0 spiro atoms. The van der Waals surface area contributed by atoms with Crippen LogP contribution in [0.15, 0.2) is 59.5 Å². The van der Waals surface area contributed by atoms with Crippen molar-refractivity contribution < 1.29 is 36.0 Å². The molecule has 2 aliphatic rings. The van der Waals surface area contributed by atoms with E-state index in [4.69, 9.17) is 0 Å². The molecule has 0 bridgehead atoms. The van der Waals surface area contributed by atoms with E-state index in [9.17, 15) is 36.0 Å². The first-order chi connectivity index (χ1) is 18.9. The smallest absolute Gasteiger partial charge is 0.341 e. The fourth-order valence-corrected chi connectivity index (χ4v) is 7.16. The lowest BCUT2D eigenvalue weighted by Crippen LogP contribution is -2.53. The number of sulfone groups is 1. The second-order valence-electron chi connectivity index (χ2n) is 10.1. The van der Waals surface area contributed by atoms with Gasteiger partial charge >= 0.3 is 12.2 Å². The van der Waals surface area contributed by atoms with E-state index in [0.717, 1.165) is 18.2 Å². The summed E-state index contributed by atoms with van der Waals surface area (Å²) in [7, 11) is -2.23. The molecule has 1 aliphatic carbocycles. The predicted molar refractivity (Wildman–Crippen MR) is 140 cm³/mol. The largest absolute Gasteiger partial charge is 0.416 e. The second kappa shape index (κ2) is 11.9. The van der Waals surface area contributed by atoms with Crippen molar-refractivity contribution in [1.29, 1.82) is 0 Å². The molecule has 1 saturated heterocycles. The second-order valence-corrected chi connectivity index (χ2v) is 12.1. The number of alkyl halides is 3. The van der Waals surface area contributed by atoms with Crippen molar-refractivity contribution in [2.45, 2.75) is 54.9 Å². The molecule has 2 fully saturated rings. The molecule has 4 rings (SSSR count). The summed E-state index contributed by atoms with van der Waals surface area (Å²) in [5, 5.41) is 7.86. The van der Waals surface area contributed by atoms with Gasteiger partial charge in [-0.05, 0) is 61.9 Å². The van der Waals surface area contributed by atoms with Crippen LogP contribution in [0.3, 0.4) is 0 Å². The van der Waals surface area contributed by atoms with Crippen LogP contribution in [0.2, 0.25) is 0 Å². The van der Waals surface area contributed by atoms with Gasteiger partial charge < -0.3 is 20.9 Å². The van der Waals surface area contributed by atoms with Crippen LogP contribution in [0.4, 0.5) is 18.0 Å². The maximum Gasteiger partial charge on any atom is 0.416 e. The lowest BCUT2D eigenvalue weighted by molar-refractivity contribution is -0.137. The number of hydrogen-bond acceptors (Lipinski definition) is 5. The van der Waals surface area contributed by atoms with Gasteiger partial charge in [-0.3, -0.25) is 9.59 Å². The summed E-state index contributed by atoms with van der Waals surface area (Å²) >= 11 is 0. The predicted octanol–water partition coefficient (Wildman–Crippen LogP) is 2.98. The minimum absolute atomic E-state index is 0.161. The highest BCUT2D eigenvalue weighted by Gasteiger charge is 2.44. The summed E-state index contributed by atoms with van der Waals surface area (Å²) in [5.41, 5.74) is -1.18. The Bertz CT molecular complexity index is 1350. The molecule has 4 atom stereocenters. The summed E-state index contributed by atoms with van der Waals surface area (Å²) in [4.78, 5) is 39.7. The van der Waals surface area contributed by atoms with Crippen molar-refractivity contribution in [1.82, 2.24) is 20.9 Å². The molecule has 13 heteroatoms. The van der Waals surface area contributed by atoms with Crippen LogP contribution in [0.1, 0.15) is 41.6 Å². The van der Waals surface area contributed by atoms with E-state index < -0.39 is 51.4 Å². The quantitative estimate of drug-likeness (QED) is 0.465. The molecule has 3 N–H and O–H groups in total. The minimum Gasteiger partial charge on any atom is -0.341 e. The first kappa shape index (κ1) is 29.4. The molecule has 1 aliphatic heterocycles. The van der Waals surface area contributed by atoms with Crippen LogP contribution in [0.5, 0.6) is 0 Å². The summed E-state index contributed by atoms with van der Waals surface area (Å²) in [6.45, 7) is 0.256. The maximum atomic E-state index is 13.4. The third-order valence-electron chi connectivity index (χ3n) is 7.44. The number of nitrogens with one attached hydrogen (secondary N) is 3. The minimum atomic E-state index is -4.61. The van der Waals surface area contributed by atoms with Crippen LogP contribution in [-0.4, -0.2) is 68.6 Å². The van der Waals surface area contributed by atoms with E-state index in [0.29, 0.717) is 19.3 Å². The average molecular weight is 581 g/mol. The van der Waals surface area contributed by atoms with Crippen LogP contribution in [0, 0.1) is 5.92 Å². The molecular formula is C27H31F3N4O5S. The Morgan fingerprint density at radius 1 is 1.00 bits per heavy atom. The lowest BCUT2D eigenvalue weighted by atomic mass is 9.81. The fourth-order valence-electron chi connectivity index (χ4n) is 5.48. The number of hydrogen-bond donors (Lipinski definition) is 3. The topological polar surface area (TPSA) is 125 Å². The Hall–Kier alpha value is -3.61. The highest BCUT2D eigenvalue weighted by Crippen LogP contribution is 2.34. The molecule has 216 valence electrons. The van der Waals surface area contributed by atoms with Gasteiger partial charge in [-0.25, -0.2) is 13.2 Å². The normalized spacial score (nSPS) is 23.5. The zero-order valence-electron chi connectivity index (χ0n) is 21.8. The number of benzene rings is 2. The molecule has 4 amide bonds. The highest BCUT2D eigenvalue weighted by atomic mass is 32.2. The monoisotopic (exact) mass is 580 g/mol. The molecular weight excluding hydrogens is 549 g/mol. The van der Waals surface area contributed by atoms with Crippen LogP contribution in [0.25, 0.3) is 0 Å². The highest BCUT2D eigenvalue weighted by molar-refractivity contribution is 7.91. The average Bonchev–Trinajstić information content (AvgIpc) is 3.28. The Kier molecular flexibility index (Phi) is 8.71. The van der Waals surface area contributed by atoms with Gasteiger partial charge in [0.05, 0.1) is 16.2 Å². The molecule has 1 heterocycles. The van der Waals surface area contributed by atoms with E-state index >= 15 is 0 Å². The first-order valence-corrected chi connectivity index (χ1v) is 14.6. The van der Waals surface area contributed by atoms with Crippen molar-refractivity contribution in [3.05, 3.63) is 65.7 Å². The standard InChI is InChI=1S/C27H31F3N4O5S/c1-31-26(37)32-20-10-11-23(18(15-20)16-40(38,39)21-8-3-2-4-9-21)34-13-12-22(25(34)36)33-24(35)17-6-5-7-19(14-17)27(28,29)30/h2-9,14,18,20,22-23H,10-13,15-16H2,1H3,(H,33,35)(H2,31,32,37). The Balaban J connectivity index is 1.50. The third kappa shape index (κ3) is 6.75. The molecule has 40 heavy (non-hydrogen) atoms. The van der Waals surface area contributed by atoms with E-state index in [2.05, 4.69) is 16.0 Å². The van der Waals surface area contributed by atoms with Crippen LogP contribution >= 0.6 is 0 Å². The number of carbonyl (C=O) groups excluding carboxylic acids is 3. The lowest BCUT2D eigenvalue weighted by Gasteiger charge is -2.41. The zero-order valence-corrected chi connectivity index (χ0v) is 22.6. The maximum absolute atomic E-state index is 13.4. The molecule has 4 unspecified atom stereocenters. The number of amides is 4. The van der Waals surface area contributed by atoms with E-state index in [-0.39, 0.29) is 41.3 Å². The molecule has 2 aromatic rings. The number of nitrogens with zero attached hydrogens (tertiary/aromatic N) is 1. The van der Waals surface area contributed by atoms with Gasteiger partial charge in [-0.1, -0.05) is 24.3 Å². The molecule has 0 aromatic heterocycles. The number of likely N-dealkylation sites (tertiary alicyclic amines) is 1. The van der Waals surface area contributed by atoms with Crippen LogP contribution < -0.4 is 16.0 Å². The number of urea groups is 1. The molecule has 1 saturated carbocycles. The van der Waals surface area contributed by atoms with Gasteiger partial charge in [0, 0.05) is 31.2 Å². The van der Waals surface area contributed by atoms with Gasteiger partial charge in [0.2, 0.25) is 5.91 Å². The van der Waals surface area contributed by atoms with Crippen LogP contribution in [-0.2, 0) is 20.8 Å². The number of halogens is 3. The molecule has 2 aromatic carbocycles. The number of rotatable bonds is 7. The third-order valence-corrected chi connectivity index (χ3v) is 9.30. The van der Waals surface area contributed by atoms with Crippen molar-refractivity contribution in [2.24, 2.45) is 5.92 Å². The Morgan fingerprint density at radius 2 is 1.73 bits per heavy atom. The van der Waals surface area contributed by atoms with E-state index in [1.54, 1.807) is 23.1 Å². The molecule has 0 radical (unpaired) electrons. The fraction of sp³-hybridized carbons (Fsp3) is 0.444. The Labute approximate surface area is 230 Å². The summed E-state index contributed by atoms with van der Waals surface area (Å²) in [6.07, 6.45) is -3.10. The van der Waals surface area contributed by atoms with Crippen molar-refractivity contribution in [3.63, 3.8) is 0 Å². The summed E-state index contributed by atoms with van der Waals surface area (Å²) in [5.74, 6) is -1.94. The van der Waals surface area contributed by atoms with Crippen molar-refractivity contribution in [3.8, 4) is 0 Å². The molecule has 9 nitrogen and oxygen atoms in total. The van der Waals surface area contributed by atoms with E-state index in [1.807, 2.05) is 0 Å². The zero-order chi connectivity index (χ0) is 29.1. The van der Waals surface area contributed by atoms with E-state index in [1.165, 1.54) is 25.2 Å². The Morgan fingerprint density at radius 3 is 2.40 bits per heavy atom. The number of carbonyl (C=O) groups is 3. The SMILES string of the molecule is CNC(=O)NC1CCC(N2CCC(NC(=O)c3cccc(C(F)(F)F)c3)C2=O)C(CS(=O)(=O)c2ccccc2)C1. The van der Waals surface area contributed by atoms with Gasteiger partial charge in [-0.2, -0.15) is 13.2 Å². The van der Waals surface area contributed by atoms with Gasteiger partial charge in [0.25, 0.3) is 5.91 Å².